The average Bonchev–Trinajstić information content (AvgIpc) is 2.64. The van der Waals surface area contributed by atoms with Crippen LogP contribution in [0.1, 0.15) is 0 Å². The van der Waals surface area contributed by atoms with Gasteiger partial charge in [-0.15, -0.1) is 0 Å². The number of hydrogen-bond acceptors (Lipinski definition) is 3. The molecule has 4 nitrogen and oxygen atoms in total. The quantitative estimate of drug-likeness (QED) is 0.849. The Hall–Kier alpha value is -1.63. The molecule has 0 saturated carbocycles. The van der Waals surface area contributed by atoms with Crippen molar-refractivity contribution in [1.29, 1.82) is 0 Å². The van der Waals surface area contributed by atoms with Gasteiger partial charge in [-0.2, -0.15) is 0 Å². The highest BCUT2D eigenvalue weighted by atomic mass is 32.2. The van der Waals surface area contributed by atoms with E-state index in [-0.39, 0.29) is 12.3 Å². The molecule has 0 spiro atoms. The summed E-state index contributed by atoms with van der Waals surface area (Å²) in [6.45, 7) is -0.520. The molecule has 0 fully saturated rings. The van der Waals surface area contributed by atoms with Crippen molar-refractivity contribution in [2.45, 2.75) is 11.7 Å². The minimum absolute atomic E-state index is 0.0735. The van der Waals surface area contributed by atoms with E-state index in [4.69, 9.17) is 5.11 Å². The second-order valence-electron chi connectivity index (χ2n) is 3.55. The van der Waals surface area contributed by atoms with Crippen molar-refractivity contribution in [1.82, 2.24) is 9.55 Å². The molecule has 0 aliphatic rings. The van der Waals surface area contributed by atoms with E-state index in [0.717, 1.165) is 11.8 Å². The molecular weight excluding hydrogens is 262 g/mol. The van der Waals surface area contributed by atoms with E-state index in [1.54, 1.807) is 4.57 Å². The van der Waals surface area contributed by atoms with Crippen molar-refractivity contribution in [2.75, 3.05) is 12.4 Å². The van der Waals surface area contributed by atoms with Gasteiger partial charge in [0.1, 0.15) is 12.5 Å². The first kappa shape index (κ1) is 12.8. The molecule has 96 valence electrons. The topological polar surface area (TPSA) is 55.1 Å². The van der Waals surface area contributed by atoms with Crippen molar-refractivity contribution >= 4 is 28.8 Å². The van der Waals surface area contributed by atoms with E-state index in [0.29, 0.717) is 16.2 Å². The minimum atomic E-state index is -0.981. The summed E-state index contributed by atoms with van der Waals surface area (Å²) in [6, 6.07) is 4.03. The van der Waals surface area contributed by atoms with Crippen LogP contribution in [-0.4, -0.2) is 33.1 Å². The van der Waals surface area contributed by atoms with E-state index >= 15 is 0 Å². The van der Waals surface area contributed by atoms with Crippen LogP contribution in [0.4, 0.5) is 8.78 Å². The Morgan fingerprint density at radius 2 is 2.28 bits per heavy atom. The summed E-state index contributed by atoms with van der Waals surface area (Å²) in [4.78, 5) is 14.6. The summed E-state index contributed by atoms with van der Waals surface area (Å²) >= 11 is 0.990. The Balaban J connectivity index is 2.43. The number of imidazole rings is 1. The molecule has 7 heteroatoms. The first-order chi connectivity index (χ1) is 8.61. The molecule has 0 radical (unpaired) electrons. The lowest BCUT2D eigenvalue weighted by Gasteiger charge is -2.04. The van der Waals surface area contributed by atoms with Gasteiger partial charge in [0.2, 0.25) is 0 Å². The Bertz CT molecular complexity index is 586. The molecule has 18 heavy (non-hydrogen) atoms. The van der Waals surface area contributed by atoms with Crippen molar-refractivity contribution in [3.05, 3.63) is 24.0 Å². The van der Waals surface area contributed by atoms with Gasteiger partial charge < -0.3 is 9.67 Å². The van der Waals surface area contributed by atoms with Gasteiger partial charge in [0.25, 0.3) is 0 Å². The molecule has 1 aromatic carbocycles. The molecule has 0 amide bonds. The molecule has 2 aromatic rings. The number of nitrogens with zero attached hydrogens (tertiary/aromatic N) is 2. The number of halogens is 2. The second kappa shape index (κ2) is 5.34. The van der Waals surface area contributed by atoms with Crippen LogP contribution in [0.15, 0.2) is 23.4 Å². The van der Waals surface area contributed by atoms with Crippen LogP contribution in [0.5, 0.6) is 0 Å². The summed E-state index contributed by atoms with van der Waals surface area (Å²) < 4.78 is 27.1. The molecule has 0 unspecified atom stereocenters. The zero-order valence-electron chi connectivity index (χ0n) is 9.27. The van der Waals surface area contributed by atoms with Crippen molar-refractivity contribution in [2.24, 2.45) is 0 Å². The maximum absolute atomic E-state index is 13.1. The second-order valence-corrected chi connectivity index (χ2v) is 4.49. The number of aryl methyl sites for hydroxylation is 1. The molecule has 0 bridgehead atoms. The van der Waals surface area contributed by atoms with Gasteiger partial charge in [-0.3, -0.25) is 4.79 Å². The number of carbonyl (C=O) groups is 1. The van der Waals surface area contributed by atoms with Crippen LogP contribution >= 0.6 is 11.8 Å². The van der Waals surface area contributed by atoms with Gasteiger partial charge in [-0.05, 0) is 12.1 Å². The summed E-state index contributed by atoms with van der Waals surface area (Å²) in [5.41, 5.74) is 0.998. The summed E-state index contributed by atoms with van der Waals surface area (Å²) in [7, 11) is 0. The number of alkyl halides is 1. The zero-order valence-corrected chi connectivity index (χ0v) is 10.1. The normalized spacial score (nSPS) is 11.0. The third kappa shape index (κ3) is 2.61. The predicted octanol–water partition coefficient (Wildman–Crippen LogP) is 2.32. The summed E-state index contributed by atoms with van der Waals surface area (Å²) in [6.07, 6.45) is 0. The van der Waals surface area contributed by atoms with Crippen LogP contribution in [0, 0.1) is 5.82 Å². The number of aliphatic carboxylic acids is 1. The minimum Gasteiger partial charge on any atom is -0.481 e. The highest BCUT2D eigenvalue weighted by molar-refractivity contribution is 7.99. The Morgan fingerprint density at radius 3 is 2.94 bits per heavy atom. The zero-order chi connectivity index (χ0) is 13.1. The predicted molar refractivity (Wildman–Crippen MR) is 64.0 cm³/mol. The van der Waals surface area contributed by atoms with Gasteiger partial charge in [0.05, 0.1) is 23.3 Å². The van der Waals surface area contributed by atoms with Gasteiger partial charge in [-0.25, -0.2) is 13.8 Å². The SMILES string of the molecule is O=C(O)CSc1nc2cc(F)ccc2n1CCF. The van der Waals surface area contributed by atoms with Crippen molar-refractivity contribution in [3.8, 4) is 0 Å². The molecule has 0 aliphatic heterocycles. The van der Waals surface area contributed by atoms with E-state index in [1.165, 1.54) is 18.2 Å². The average molecular weight is 272 g/mol. The molecule has 1 N–H and O–H groups in total. The number of carboxylic acids is 1. The summed E-state index contributed by atoms with van der Waals surface area (Å²) in [5, 5.41) is 9.01. The lowest BCUT2D eigenvalue weighted by Crippen LogP contribution is -2.04. The van der Waals surface area contributed by atoms with E-state index in [9.17, 15) is 13.6 Å². The Kier molecular flexibility index (Phi) is 3.81. The van der Waals surface area contributed by atoms with E-state index in [1.807, 2.05) is 0 Å². The molecule has 0 atom stereocenters. The highest BCUT2D eigenvalue weighted by Crippen LogP contribution is 2.24. The van der Waals surface area contributed by atoms with Gasteiger partial charge in [0.15, 0.2) is 5.16 Å². The lowest BCUT2D eigenvalue weighted by atomic mass is 10.3. The number of fused-ring (bicyclic) bond motifs is 1. The van der Waals surface area contributed by atoms with Crippen LogP contribution in [0.25, 0.3) is 11.0 Å². The fourth-order valence-electron chi connectivity index (χ4n) is 1.62. The van der Waals surface area contributed by atoms with E-state index < -0.39 is 18.5 Å². The van der Waals surface area contributed by atoms with Crippen LogP contribution in [0.3, 0.4) is 0 Å². The number of aromatic nitrogens is 2. The van der Waals surface area contributed by atoms with Gasteiger partial charge in [0, 0.05) is 6.07 Å². The first-order valence-electron chi connectivity index (χ1n) is 5.18. The standard InChI is InChI=1S/C11H10F2N2O2S/c12-3-4-15-9-2-1-7(13)5-8(9)14-11(15)18-6-10(16)17/h1-2,5H,3-4,6H2,(H,16,17). The fourth-order valence-corrected chi connectivity index (χ4v) is 2.38. The summed E-state index contributed by atoms with van der Waals surface area (Å²) in [5.74, 6) is -1.58. The molecular formula is C11H10F2N2O2S. The maximum atomic E-state index is 13.1. The molecule has 0 saturated heterocycles. The van der Waals surface area contributed by atoms with Crippen LogP contribution in [-0.2, 0) is 11.3 Å². The third-order valence-corrected chi connectivity index (χ3v) is 3.27. The number of benzene rings is 1. The fraction of sp³-hybridized carbons (Fsp3) is 0.273. The largest absolute Gasteiger partial charge is 0.481 e. The monoisotopic (exact) mass is 272 g/mol. The molecule has 2 rings (SSSR count). The lowest BCUT2D eigenvalue weighted by molar-refractivity contribution is -0.133. The molecule has 1 aromatic heterocycles. The smallest absolute Gasteiger partial charge is 0.313 e. The van der Waals surface area contributed by atoms with Crippen molar-refractivity contribution < 1.29 is 18.7 Å². The molecule has 0 aliphatic carbocycles. The van der Waals surface area contributed by atoms with Crippen molar-refractivity contribution in [3.63, 3.8) is 0 Å². The van der Waals surface area contributed by atoms with Crippen LogP contribution < -0.4 is 0 Å². The van der Waals surface area contributed by atoms with E-state index in [2.05, 4.69) is 4.98 Å². The maximum Gasteiger partial charge on any atom is 0.313 e. The molecule has 1 heterocycles. The Labute approximate surface area is 106 Å². The van der Waals surface area contributed by atoms with Crippen LogP contribution in [0.2, 0.25) is 0 Å². The number of carboxylic acid groups (broad SMARTS) is 1. The number of hydrogen-bond donors (Lipinski definition) is 1. The number of rotatable bonds is 5. The third-order valence-electron chi connectivity index (χ3n) is 2.31. The number of thioether (sulfide) groups is 1. The first-order valence-corrected chi connectivity index (χ1v) is 6.16. The highest BCUT2D eigenvalue weighted by Gasteiger charge is 2.13. The Morgan fingerprint density at radius 1 is 1.50 bits per heavy atom. The van der Waals surface area contributed by atoms with Gasteiger partial charge in [-0.1, -0.05) is 11.8 Å². The van der Waals surface area contributed by atoms with Gasteiger partial charge >= 0.3 is 5.97 Å².